The Bertz CT molecular complexity index is 1360. The molecule has 4 rings (SSSR count). The summed E-state index contributed by atoms with van der Waals surface area (Å²) in [4.78, 5) is 15.2. The van der Waals surface area contributed by atoms with Crippen LogP contribution in [0.5, 0.6) is 0 Å². The number of carbonyl (C=O) groups is 1. The summed E-state index contributed by atoms with van der Waals surface area (Å²) in [6.45, 7) is -0.151. The van der Waals surface area contributed by atoms with Crippen molar-refractivity contribution in [3.05, 3.63) is 70.5 Å². The molecule has 0 bridgehead atoms. The number of aromatic amines is 1. The predicted octanol–water partition coefficient (Wildman–Crippen LogP) is 3.42. The average molecular weight is 499 g/mol. The maximum Gasteiger partial charge on any atom is 0.312 e. The topological polar surface area (TPSA) is 151 Å². The second-order valence-corrected chi connectivity index (χ2v) is 8.42. The Morgan fingerprint density at radius 3 is 2.79 bits per heavy atom. The molecule has 34 heavy (non-hydrogen) atoms. The molecule has 2 aromatic heterocycles. The highest BCUT2D eigenvalue weighted by molar-refractivity contribution is 8.00. The molecule has 2 heterocycles. The first-order valence-electron chi connectivity index (χ1n) is 9.75. The molecule has 0 saturated heterocycles. The quantitative estimate of drug-likeness (QED) is 0.348. The summed E-state index contributed by atoms with van der Waals surface area (Å²) in [5.41, 5.74) is 7.31. The molecule has 0 aliphatic heterocycles. The molecule has 0 atom stereocenters. The summed E-state index contributed by atoms with van der Waals surface area (Å²) in [6, 6.07) is 11.1. The summed E-state index contributed by atoms with van der Waals surface area (Å²) in [5.74, 6) is -0.814. The predicted molar refractivity (Wildman–Crippen MR) is 122 cm³/mol. The van der Waals surface area contributed by atoms with Crippen LogP contribution in [0.3, 0.4) is 0 Å². The average Bonchev–Trinajstić information content (AvgIpc) is 3.51. The van der Waals surface area contributed by atoms with Crippen LogP contribution in [0.4, 0.5) is 10.4 Å². The van der Waals surface area contributed by atoms with Gasteiger partial charge in [0.1, 0.15) is 11.5 Å². The number of halogens is 2. The number of nitrogens with zero attached hydrogens (tertiary/aromatic N) is 6. The largest absolute Gasteiger partial charge is 0.406 e. The maximum absolute atomic E-state index is 14.5. The van der Waals surface area contributed by atoms with Crippen LogP contribution in [0.25, 0.3) is 11.3 Å². The lowest BCUT2D eigenvalue weighted by Gasteiger charge is -2.21. The number of rotatable bonds is 8. The summed E-state index contributed by atoms with van der Waals surface area (Å²) in [5, 5.41) is 27.2. The second-order valence-electron chi connectivity index (χ2n) is 6.99. The molecule has 172 valence electrons. The molecule has 0 radical (unpaired) electrons. The van der Waals surface area contributed by atoms with Crippen LogP contribution in [0.15, 0.2) is 51.9 Å². The number of nitriles is 1. The van der Waals surface area contributed by atoms with Crippen molar-refractivity contribution in [1.29, 1.82) is 5.26 Å². The molecule has 2 aromatic carbocycles. The molecule has 13 heteroatoms. The van der Waals surface area contributed by atoms with E-state index in [9.17, 15) is 9.18 Å². The highest BCUT2D eigenvalue weighted by Gasteiger charge is 2.20. The van der Waals surface area contributed by atoms with Gasteiger partial charge in [0.2, 0.25) is 11.8 Å². The van der Waals surface area contributed by atoms with E-state index in [4.69, 9.17) is 27.0 Å². The monoisotopic (exact) mass is 498 g/mol. The van der Waals surface area contributed by atoms with E-state index < -0.39 is 5.82 Å². The summed E-state index contributed by atoms with van der Waals surface area (Å²) < 4.78 is 19.7. The minimum absolute atomic E-state index is 0.00348. The van der Waals surface area contributed by atoms with Gasteiger partial charge in [-0.05, 0) is 24.3 Å². The first kappa shape index (κ1) is 23.2. The zero-order valence-electron chi connectivity index (χ0n) is 17.4. The van der Waals surface area contributed by atoms with Gasteiger partial charge in [0.25, 0.3) is 0 Å². The number of carbonyl (C=O) groups excluding carboxylic acids is 1. The Morgan fingerprint density at radius 2 is 2.12 bits per heavy atom. The van der Waals surface area contributed by atoms with Crippen molar-refractivity contribution < 1.29 is 13.6 Å². The van der Waals surface area contributed by atoms with E-state index in [1.54, 1.807) is 18.3 Å². The van der Waals surface area contributed by atoms with Gasteiger partial charge in [-0.2, -0.15) is 20.7 Å². The van der Waals surface area contributed by atoms with Gasteiger partial charge >= 0.3 is 6.01 Å². The van der Waals surface area contributed by atoms with E-state index in [1.165, 1.54) is 28.8 Å². The Kier molecular flexibility index (Phi) is 7.05. The van der Waals surface area contributed by atoms with Gasteiger partial charge in [-0.1, -0.05) is 28.8 Å². The molecule has 0 aliphatic rings. The zero-order chi connectivity index (χ0) is 24.1. The van der Waals surface area contributed by atoms with Crippen LogP contribution in [-0.4, -0.2) is 42.2 Å². The lowest BCUT2D eigenvalue weighted by molar-refractivity contribution is -0.129. The fourth-order valence-electron chi connectivity index (χ4n) is 3.02. The van der Waals surface area contributed by atoms with E-state index in [0.29, 0.717) is 15.6 Å². The Hall–Kier alpha value is -3.95. The van der Waals surface area contributed by atoms with E-state index in [2.05, 4.69) is 25.6 Å². The highest BCUT2D eigenvalue weighted by Crippen LogP contribution is 2.31. The van der Waals surface area contributed by atoms with Crippen molar-refractivity contribution >= 4 is 35.3 Å². The normalized spacial score (nSPS) is 10.7. The number of anilines is 1. The molecule has 0 saturated carbocycles. The number of hydrogen-bond donors (Lipinski definition) is 2. The molecular formula is C21H16ClFN8O2S. The van der Waals surface area contributed by atoms with Gasteiger partial charge in [0, 0.05) is 22.6 Å². The van der Waals surface area contributed by atoms with Crippen LogP contribution in [0.2, 0.25) is 5.02 Å². The van der Waals surface area contributed by atoms with Crippen LogP contribution < -0.4 is 5.73 Å². The van der Waals surface area contributed by atoms with E-state index in [-0.39, 0.29) is 47.8 Å². The molecule has 0 aliphatic carbocycles. The second kappa shape index (κ2) is 10.3. The van der Waals surface area contributed by atoms with Gasteiger partial charge in [0.05, 0.1) is 35.1 Å². The SMILES string of the molecule is N#Cc1ccc(CN(Cc2nnc(N)o2)C(=O)CSc2cc(-c3cn[nH]n3)ccc2Cl)c(F)c1. The standard InChI is InChI=1S/C21H16ClFN8O2S/c22-15-4-3-13(17-8-26-30-27-17)6-18(15)34-11-20(32)31(10-19-28-29-21(25)33-19)9-14-2-1-12(7-24)5-16(14)23/h1-6,8H,9-11H2,(H2,25,29)(H,26,27,30). The van der Waals surface area contributed by atoms with Gasteiger partial charge in [-0.15, -0.1) is 16.9 Å². The van der Waals surface area contributed by atoms with Crippen molar-refractivity contribution in [1.82, 2.24) is 30.5 Å². The fourth-order valence-corrected chi connectivity index (χ4v) is 4.18. The molecule has 1 amide bonds. The van der Waals surface area contributed by atoms with Crippen LogP contribution in [-0.2, 0) is 17.9 Å². The Balaban J connectivity index is 1.52. The van der Waals surface area contributed by atoms with Gasteiger partial charge in [-0.25, -0.2) is 4.39 Å². The third-order valence-electron chi connectivity index (χ3n) is 4.70. The van der Waals surface area contributed by atoms with Crippen LogP contribution in [0, 0.1) is 17.1 Å². The minimum atomic E-state index is -0.599. The first-order chi connectivity index (χ1) is 16.4. The number of H-pyrrole nitrogens is 1. The maximum atomic E-state index is 14.5. The molecule has 0 fully saturated rings. The highest BCUT2D eigenvalue weighted by atomic mass is 35.5. The third kappa shape index (κ3) is 5.51. The molecule has 0 unspecified atom stereocenters. The number of hydrogen-bond acceptors (Lipinski definition) is 9. The number of thioether (sulfide) groups is 1. The number of amides is 1. The third-order valence-corrected chi connectivity index (χ3v) is 6.18. The first-order valence-corrected chi connectivity index (χ1v) is 11.1. The number of benzene rings is 2. The fraction of sp³-hybridized carbons (Fsp3) is 0.143. The molecule has 0 spiro atoms. The smallest absolute Gasteiger partial charge is 0.312 e. The number of nitrogens with one attached hydrogen (secondary N) is 1. The van der Waals surface area contributed by atoms with E-state index in [1.807, 2.05) is 12.1 Å². The number of nitrogens with two attached hydrogens (primary N) is 1. The Morgan fingerprint density at radius 1 is 1.26 bits per heavy atom. The van der Waals surface area contributed by atoms with Crippen molar-refractivity contribution in [2.45, 2.75) is 18.0 Å². The molecule has 3 N–H and O–H groups in total. The molecule has 10 nitrogen and oxygen atoms in total. The zero-order valence-corrected chi connectivity index (χ0v) is 19.0. The molecular weight excluding hydrogens is 483 g/mol. The minimum Gasteiger partial charge on any atom is -0.406 e. The Labute approximate surface area is 201 Å². The summed E-state index contributed by atoms with van der Waals surface area (Å²) in [6.07, 6.45) is 1.58. The van der Waals surface area contributed by atoms with E-state index >= 15 is 0 Å². The lowest BCUT2D eigenvalue weighted by Crippen LogP contribution is -2.32. The number of nitrogen functional groups attached to an aromatic ring is 1. The summed E-state index contributed by atoms with van der Waals surface area (Å²) in [7, 11) is 0. The van der Waals surface area contributed by atoms with Crippen molar-refractivity contribution in [2.24, 2.45) is 0 Å². The molecule has 4 aromatic rings. The van der Waals surface area contributed by atoms with Crippen molar-refractivity contribution in [3.63, 3.8) is 0 Å². The lowest BCUT2D eigenvalue weighted by atomic mass is 10.1. The van der Waals surface area contributed by atoms with Crippen LogP contribution >= 0.6 is 23.4 Å². The van der Waals surface area contributed by atoms with Gasteiger partial charge < -0.3 is 15.1 Å². The van der Waals surface area contributed by atoms with Gasteiger partial charge in [0.15, 0.2) is 0 Å². The van der Waals surface area contributed by atoms with Gasteiger partial charge in [-0.3, -0.25) is 4.79 Å². The van der Waals surface area contributed by atoms with Crippen LogP contribution in [0.1, 0.15) is 17.0 Å². The van der Waals surface area contributed by atoms with Crippen molar-refractivity contribution in [3.8, 4) is 17.3 Å². The van der Waals surface area contributed by atoms with E-state index in [0.717, 1.165) is 11.6 Å². The van der Waals surface area contributed by atoms with Crippen molar-refractivity contribution in [2.75, 3.05) is 11.5 Å². The summed E-state index contributed by atoms with van der Waals surface area (Å²) >= 11 is 7.54. The number of aromatic nitrogens is 5.